The van der Waals surface area contributed by atoms with Crippen LogP contribution in [0.15, 0.2) is 58.7 Å². The van der Waals surface area contributed by atoms with Gasteiger partial charge in [-0.05, 0) is 24.3 Å². The van der Waals surface area contributed by atoms with E-state index in [-0.39, 0.29) is 5.91 Å². The summed E-state index contributed by atoms with van der Waals surface area (Å²) in [5.74, 6) is 0.440. The summed E-state index contributed by atoms with van der Waals surface area (Å²) in [6, 6.07) is 12.9. The molecule has 3 heterocycles. The number of nitrogens with one attached hydrogen (secondary N) is 1. The summed E-state index contributed by atoms with van der Waals surface area (Å²) < 4.78 is 5.41. The van der Waals surface area contributed by atoms with E-state index in [1.807, 2.05) is 30.3 Å². The average Bonchev–Trinajstić information content (AvgIpc) is 3.32. The Morgan fingerprint density at radius 2 is 2.12 bits per heavy atom. The largest absolute Gasteiger partial charge is 0.463 e. The number of fused-ring (bicyclic) bond motifs is 1. The maximum Gasteiger partial charge on any atom is 0.252 e. The first-order valence-corrected chi connectivity index (χ1v) is 8.16. The molecule has 1 aromatic carbocycles. The van der Waals surface area contributed by atoms with Gasteiger partial charge in [-0.3, -0.25) is 4.79 Å². The number of aromatic nitrogens is 3. The zero-order chi connectivity index (χ0) is 16.4. The van der Waals surface area contributed by atoms with E-state index in [9.17, 15) is 4.79 Å². The number of benzene rings is 1. The van der Waals surface area contributed by atoms with Crippen LogP contribution in [0.25, 0.3) is 22.4 Å². The minimum atomic E-state index is -0.184. The molecule has 1 amide bonds. The van der Waals surface area contributed by atoms with Gasteiger partial charge in [0.2, 0.25) is 0 Å². The van der Waals surface area contributed by atoms with Gasteiger partial charge in [0.1, 0.15) is 16.2 Å². The van der Waals surface area contributed by atoms with Gasteiger partial charge in [0, 0.05) is 5.39 Å². The Balaban J connectivity index is 1.73. The molecule has 4 aromatic rings. The van der Waals surface area contributed by atoms with E-state index in [0.29, 0.717) is 23.6 Å². The molecule has 6 nitrogen and oxygen atoms in total. The molecule has 0 radical (unpaired) electrons. The van der Waals surface area contributed by atoms with E-state index in [2.05, 4.69) is 20.5 Å². The molecule has 0 fully saturated rings. The number of pyridine rings is 1. The predicted molar refractivity (Wildman–Crippen MR) is 90.5 cm³/mol. The van der Waals surface area contributed by atoms with Crippen LogP contribution in [0.5, 0.6) is 0 Å². The third-order valence-electron chi connectivity index (χ3n) is 3.54. The van der Waals surface area contributed by atoms with Crippen LogP contribution in [0.4, 0.5) is 0 Å². The highest BCUT2D eigenvalue weighted by atomic mass is 32.1. The Hall–Kier alpha value is -3.06. The van der Waals surface area contributed by atoms with Gasteiger partial charge in [-0.15, -0.1) is 21.5 Å². The van der Waals surface area contributed by atoms with Crippen LogP contribution in [0.1, 0.15) is 15.4 Å². The van der Waals surface area contributed by atoms with Crippen LogP contribution >= 0.6 is 11.3 Å². The number of furan rings is 1. The minimum Gasteiger partial charge on any atom is -0.463 e. The van der Waals surface area contributed by atoms with E-state index in [0.717, 1.165) is 15.9 Å². The van der Waals surface area contributed by atoms with Crippen molar-refractivity contribution in [2.75, 3.05) is 0 Å². The van der Waals surface area contributed by atoms with Crippen molar-refractivity contribution in [3.63, 3.8) is 0 Å². The third kappa shape index (κ3) is 2.77. The second-order valence-corrected chi connectivity index (χ2v) is 5.98. The van der Waals surface area contributed by atoms with Gasteiger partial charge in [0.25, 0.3) is 5.91 Å². The molecule has 0 saturated heterocycles. The topological polar surface area (TPSA) is 80.9 Å². The first-order valence-electron chi connectivity index (χ1n) is 7.28. The summed E-state index contributed by atoms with van der Waals surface area (Å²) >= 11 is 1.40. The Morgan fingerprint density at radius 3 is 2.92 bits per heavy atom. The molecular weight excluding hydrogens is 324 g/mol. The first kappa shape index (κ1) is 14.5. The summed E-state index contributed by atoms with van der Waals surface area (Å²) in [6.45, 7) is 0.343. The minimum absolute atomic E-state index is 0.184. The lowest BCUT2D eigenvalue weighted by atomic mass is 10.1. The van der Waals surface area contributed by atoms with E-state index in [4.69, 9.17) is 4.42 Å². The highest BCUT2D eigenvalue weighted by Crippen LogP contribution is 2.25. The van der Waals surface area contributed by atoms with Crippen molar-refractivity contribution in [2.45, 2.75) is 6.54 Å². The molecule has 4 rings (SSSR count). The van der Waals surface area contributed by atoms with E-state index >= 15 is 0 Å². The molecule has 0 aliphatic heterocycles. The van der Waals surface area contributed by atoms with Crippen LogP contribution in [0.3, 0.4) is 0 Å². The standard InChI is InChI=1S/C17H12N4O2S/c22-17(18-9-16-21-19-10-24-16)12-8-14(15-6-3-7-23-15)20-13-5-2-1-4-11(12)13/h1-8,10H,9H2,(H,18,22). The normalized spacial score (nSPS) is 10.8. The van der Waals surface area contributed by atoms with Crippen LogP contribution in [-0.2, 0) is 6.54 Å². The molecule has 0 atom stereocenters. The van der Waals surface area contributed by atoms with Crippen LogP contribution in [-0.4, -0.2) is 21.1 Å². The summed E-state index contributed by atoms with van der Waals surface area (Å²) in [6.07, 6.45) is 1.58. The Labute approximate surface area is 141 Å². The smallest absolute Gasteiger partial charge is 0.252 e. The second kappa shape index (κ2) is 6.21. The molecule has 0 aliphatic carbocycles. The van der Waals surface area contributed by atoms with Crippen molar-refractivity contribution < 1.29 is 9.21 Å². The average molecular weight is 336 g/mol. The lowest BCUT2D eigenvalue weighted by Gasteiger charge is -2.09. The highest BCUT2D eigenvalue weighted by molar-refractivity contribution is 7.09. The molecule has 118 valence electrons. The van der Waals surface area contributed by atoms with Crippen molar-refractivity contribution in [3.8, 4) is 11.5 Å². The van der Waals surface area contributed by atoms with E-state index < -0.39 is 0 Å². The lowest BCUT2D eigenvalue weighted by Crippen LogP contribution is -2.23. The summed E-state index contributed by atoms with van der Waals surface area (Å²) in [5.41, 5.74) is 3.56. The number of carbonyl (C=O) groups excluding carboxylic acids is 1. The fourth-order valence-electron chi connectivity index (χ4n) is 2.44. The van der Waals surface area contributed by atoms with Gasteiger partial charge >= 0.3 is 0 Å². The summed E-state index contributed by atoms with van der Waals surface area (Å²) in [7, 11) is 0. The van der Waals surface area contributed by atoms with Gasteiger partial charge in [-0.25, -0.2) is 4.98 Å². The van der Waals surface area contributed by atoms with Crippen molar-refractivity contribution >= 4 is 28.1 Å². The van der Waals surface area contributed by atoms with Gasteiger partial charge in [-0.1, -0.05) is 18.2 Å². The lowest BCUT2D eigenvalue weighted by molar-refractivity contribution is 0.0952. The number of carbonyl (C=O) groups is 1. The Kier molecular flexibility index (Phi) is 3.76. The van der Waals surface area contributed by atoms with Crippen LogP contribution in [0.2, 0.25) is 0 Å². The van der Waals surface area contributed by atoms with E-state index in [1.165, 1.54) is 11.3 Å². The second-order valence-electron chi connectivity index (χ2n) is 5.06. The summed E-state index contributed by atoms with van der Waals surface area (Å²) in [5, 5.41) is 12.1. The number of rotatable bonds is 4. The van der Waals surface area contributed by atoms with Crippen LogP contribution < -0.4 is 5.32 Å². The zero-order valence-corrected chi connectivity index (χ0v) is 13.3. The molecule has 7 heteroatoms. The first-order chi connectivity index (χ1) is 11.8. The number of hydrogen-bond donors (Lipinski definition) is 1. The number of hydrogen-bond acceptors (Lipinski definition) is 6. The zero-order valence-electron chi connectivity index (χ0n) is 12.5. The van der Waals surface area contributed by atoms with Crippen molar-refractivity contribution in [1.82, 2.24) is 20.5 Å². The fraction of sp³-hybridized carbons (Fsp3) is 0.0588. The number of para-hydroxylation sites is 1. The monoisotopic (exact) mass is 336 g/mol. The molecule has 1 N–H and O–H groups in total. The molecule has 0 bridgehead atoms. The van der Waals surface area contributed by atoms with Crippen molar-refractivity contribution in [1.29, 1.82) is 0 Å². The van der Waals surface area contributed by atoms with Gasteiger partial charge in [0.05, 0.1) is 23.9 Å². The van der Waals surface area contributed by atoms with E-state index in [1.54, 1.807) is 23.9 Å². The predicted octanol–water partition coefficient (Wildman–Crippen LogP) is 3.28. The molecule has 3 aromatic heterocycles. The summed E-state index contributed by atoms with van der Waals surface area (Å²) in [4.78, 5) is 17.2. The van der Waals surface area contributed by atoms with Gasteiger partial charge in [0.15, 0.2) is 5.76 Å². The molecule has 0 saturated carbocycles. The Morgan fingerprint density at radius 1 is 1.21 bits per heavy atom. The third-order valence-corrected chi connectivity index (χ3v) is 4.24. The quantitative estimate of drug-likeness (QED) is 0.618. The molecular formula is C17H12N4O2S. The van der Waals surface area contributed by atoms with Gasteiger partial charge < -0.3 is 9.73 Å². The highest BCUT2D eigenvalue weighted by Gasteiger charge is 2.15. The Bertz CT molecular complexity index is 981. The van der Waals surface area contributed by atoms with Crippen LogP contribution in [0, 0.1) is 0 Å². The SMILES string of the molecule is O=C(NCc1nncs1)c1cc(-c2ccco2)nc2ccccc12. The fourth-order valence-corrected chi connectivity index (χ4v) is 2.90. The number of amides is 1. The van der Waals surface area contributed by atoms with Crippen molar-refractivity contribution in [2.24, 2.45) is 0 Å². The maximum absolute atomic E-state index is 12.7. The molecule has 0 aliphatic rings. The number of nitrogens with zero attached hydrogens (tertiary/aromatic N) is 3. The molecule has 0 unspecified atom stereocenters. The van der Waals surface area contributed by atoms with Crippen molar-refractivity contribution in [3.05, 3.63) is 64.8 Å². The molecule has 0 spiro atoms. The molecule has 24 heavy (non-hydrogen) atoms. The maximum atomic E-state index is 12.7. The van der Waals surface area contributed by atoms with Gasteiger partial charge in [-0.2, -0.15) is 0 Å².